The predicted octanol–water partition coefficient (Wildman–Crippen LogP) is 1.56. The Morgan fingerprint density at radius 1 is 1.11 bits per heavy atom. The summed E-state index contributed by atoms with van der Waals surface area (Å²) >= 11 is 0. The van der Waals surface area contributed by atoms with Gasteiger partial charge in [0.1, 0.15) is 5.82 Å². The van der Waals surface area contributed by atoms with E-state index in [1.165, 1.54) is 5.56 Å². The number of rotatable bonds is 5. The van der Waals surface area contributed by atoms with Crippen molar-refractivity contribution in [2.45, 2.75) is 26.3 Å². The number of nitrogens with zero attached hydrogens (tertiary/aromatic N) is 5. The summed E-state index contributed by atoms with van der Waals surface area (Å²) in [5, 5.41) is 3.18. The minimum absolute atomic E-state index is 0.206. The van der Waals surface area contributed by atoms with E-state index in [9.17, 15) is 4.79 Å². The zero-order valence-corrected chi connectivity index (χ0v) is 15.6. The Bertz CT molecular complexity index is 811. The molecule has 142 valence electrons. The van der Waals surface area contributed by atoms with E-state index in [2.05, 4.69) is 25.2 Å². The summed E-state index contributed by atoms with van der Waals surface area (Å²) in [5.41, 5.74) is 7.97. The Morgan fingerprint density at radius 2 is 1.81 bits per heavy atom. The van der Waals surface area contributed by atoms with Gasteiger partial charge in [-0.05, 0) is 31.9 Å². The Labute approximate surface area is 158 Å². The Kier molecular flexibility index (Phi) is 4.89. The topological polar surface area (TPSA) is 100 Å². The van der Waals surface area contributed by atoms with Gasteiger partial charge in [0.15, 0.2) is 0 Å². The van der Waals surface area contributed by atoms with Crippen molar-refractivity contribution in [2.75, 3.05) is 37.2 Å². The maximum Gasteiger partial charge on any atom is 0.232 e. The van der Waals surface area contributed by atoms with Crippen LogP contribution in [0.3, 0.4) is 0 Å². The van der Waals surface area contributed by atoms with Crippen molar-refractivity contribution in [2.24, 2.45) is 5.92 Å². The van der Waals surface area contributed by atoms with E-state index >= 15 is 0 Å². The molecule has 1 aliphatic heterocycles. The van der Waals surface area contributed by atoms with Gasteiger partial charge in [-0.15, -0.1) is 0 Å². The molecule has 1 amide bonds. The first-order valence-electron chi connectivity index (χ1n) is 9.42. The highest BCUT2D eigenvalue weighted by Crippen LogP contribution is 2.31. The standard InChI is InChI=1S/C19H25N7O/c1-13-2-6-15(7-3-13)21-19-23-16(22-18(20)24-19)12-25-8-10-26(11-9-25)17(27)14-4-5-14/h2-3,6-7,14H,4-5,8-12H2,1H3,(H3,20,21,22,23,24). The molecular formula is C19H25N7O. The van der Waals surface area contributed by atoms with Crippen molar-refractivity contribution in [3.05, 3.63) is 35.7 Å². The predicted molar refractivity (Wildman–Crippen MR) is 103 cm³/mol. The molecule has 0 unspecified atom stereocenters. The van der Waals surface area contributed by atoms with E-state index in [0.29, 0.717) is 24.2 Å². The molecular weight excluding hydrogens is 342 g/mol. The Morgan fingerprint density at radius 3 is 2.48 bits per heavy atom. The maximum atomic E-state index is 12.2. The van der Waals surface area contributed by atoms with Crippen molar-refractivity contribution in [3.63, 3.8) is 0 Å². The van der Waals surface area contributed by atoms with Crippen molar-refractivity contribution in [3.8, 4) is 0 Å². The van der Waals surface area contributed by atoms with Gasteiger partial charge in [0.05, 0.1) is 6.54 Å². The molecule has 1 aliphatic carbocycles. The fourth-order valence-corrected chi connectivity index (χ4v) is 3.25. The second-order valence-corrected chi connectivity index (χ2v) is 7.30. The molecule has 4 rings (SSSR count). The van der Waals surface area contributed by atoms with Gasteiger partial charge in [-0.1, -0.05) is 17.7 Å². The Hall–Kier alpha value is -2.74. The van der Waals surface area contributed by atoms with Gasteiger partial charge in [-0.3, -0.25) is 9.69 Å². The van der Waals surface area contributed by atoms with Crippen LogP contribution in [-0.4, -0.2) is 56.8 Å². The lowest BCUT2D eigenvalue weighted by Gasteiger charge is -2.34. The summed E-state index contributed by atoms with van der Waals surface area (Å²) < 4.78 is 0. The number of hydrogen-bond donors (Lipinski definition) is 2. The number of hydrogen-bond acceptors (Lipinski definition) is 7. The quantitative estimate of drug-likeness (QED) is 0.827. The van der Waals surface area contributed by atoms with Crippen LogP contribution in [0.15, 0.2) is 24.3 Å². The molecule has 0 atom stereocenters. The molecule has 2 aliphatic rings. The first-order chi connectivity index (χ1) is 13.1. The molecule has 1 saturated heterocycles. The number of amides is 1. The highest BCUT2D eigenvalue weighted by Gasteiger charge is 2.34. The Balaban J connectivity index is 1.37. The zero-order valence-electron chi connectivity index (χ0n) is 15.6. The highest BCUT2D eigenvalue weighted by atomic mass is 16.2. The first-order valence-corrected chi connectivity index (χ1v) is 9.42. The SMILES string of the molecule is Cc1ccc(Nc2nc(N)nc(CN3CCN(C(=O)C4CC4)CC3)n2)cc1. The lowest BCUT2D eigenvalue weighted by atomic mass is 10.2. The molecule has 2 heterocycles. The summed E-state index contributed by atoms with van der Waals surface area (Å²) in [6.07, 6.45) is 2.11. The van der Waals surface area contributed by atoms with E-state index in [4.69, 9.17) is 5.73 Å². The molecule has 0 radical (unpaired) electrons. The molecule has 0 spiro atoms. The van der Waals surface area contributed by atoms with E-state index in [1.807, 2.05) is 36.1 Å². The van der Waals surface area contributed by atoms with Crippen LogP contribution in [0.5, 0.6) is 0 Å². The second-order valence-electron chi connectivity index (χ2n) is 7.30. The van der Waals surface area contributed by atoms with Crippen LogP contribution in [0.2, 0.25) is 0 Å². The van der Waals surface area contributed by atoms with Gasteiger partial charge in [0.2, 0.25) is 17.8 Å². The van der Waals surface area contributed by atoms with Crippen molar-refractivity contribution in [1.82, 2.24) is 24.8 Å². The normalized spacial score (nSPS) is 17.7. The molecule has 1 saturated carbocycles. The third kappa shape index (κ3) is 4.51. The molecule has 8 heteroatoms. The van der Waals surface area contributed by atoms with Gasteiger partial charge >= 0.3 is 0 Å². The number of carbonyl (C=O) groups is 1. The van der Waals surface area contributed by atoms with E-state index in [0.717, 1.165) is 44.7 Å². The van der Waals surface area contributed by atoms with Gasteiger partial charge in [-0.25, -0.2) is 0 Å². The van der Waals surface area contributed by atoms with Crippen LogP contribution in [0.25, 0.3) is 0 Å². The smallest absolute Gasteiger partial charge is 0.232 e. The number of aromatic nitrogens is 3. The fraction of sp³-hybridized carbons (Fsp3) is 0.474. The van der Waals surface area contributed by atoms with Crippen molar-refractivity contribution < 1.29 is 4.79 Å². The largest absolute Gasteiger partial charge is 0.368 e. The molecule has 27 heavy (non-hydrogen) atoms. The molecule has 2 fully saturated rings. The van der Waals surface area contributed by atoms with Crippen LogP contribution in [0.1, 0.15) is 24.2 Å². The van der Waals surface area contributed by atoms with E-state index in [1.54, 1.807) is 0 Å². The monoisotopic (exact) mass is 367 g/mol. The number of nitrogens with two attached hydrogens (primary N) is 1. The minimum atomic E-state index is 0.206. The average molecular weight is 367 g/mol. The number of nitrogens with one attached hydrogen (secondary N) is 1. The molecule has 1 aromatic heterocycles. The number of piperazine rings is 1. The average Bonchev–Trinajstić information content (AvgIpc) is 3.48. The number of aryl methyl sites for hydroxylation is 1. The third-order valence-corrected chi connectivity index (χ3v) is 4.98. The van der Waals surface area contributed by atoms with E-state index < -0.39 is 0 Å². The summed E-state index contributed by atoms with van der Waals surface area (Å²) in [7, 11) is 0. The van der Waals surface area contributed by atoms with Crippen LogP contribution in [-0.2, 0) is 11.3 Å². The molecule has 2 aromatic rings. The molecule has 1 aromatic carbocycles. The van der Waals surface area contributed by atoms with Crippen LogP contribution in [0, 0.1) is 12.8 Å². The third-order valence-electron chi connectivity index (χ3n) is 4.98. The summed E-state index contributed by atoms with van der Waals surface area (Å²) in [5.74, 6) is 1.90. The lowest BCUT2D eigenvalue weighted by Crippen LogP contribution is -2.48. The molecule has 3 N–H and O–H groups in total. The number of carbonyl (C=O) groups excluding carboxylic acids is 1. The minimum Gasteiger partial charge on any atom is -0.368 e. The number of anilines is 3. The number of nitrogen functional groups attached to an aromatic ring is 1. The van der Waals surface area contributed by atoms with Crippen LogP contribution in [0.4, 0.5) is 17.6 Å². The van der Waals surface area contributed by atoms with Crippen molar-refractivity contribution in [1.29, 1.82) is 0 Å². The highest BCUT2D eigenvalue weighted by molar-refractivity contribution is 5.81. The maximum absolute atomic E-state index is 12.2. The van der Waals surface area contributed by atoms with Crippen molar-refractivity contribution >= 4 is 23.5 Å². The zero-order chi connectivity index (χ0) is 18.8. The van der Waals surface area contributed by atoms with E-state index in [-0.39, 0.29) is 11.9 Å². The summed E-state index contributed by atoms with van der Waals surface area (Å²) in [6, 6.07) is 8.00. The van der Waals surface area contributed by atoms with Crippen LogP contribution >= 0.6 is 0 Å². The van der Waals surface area contributed by atoms with Gasteiger partial charge < -0.3 is 16.0 Å². The second kappa shape index (κ2) is 7.48. The number of benzene rings is 1. The van der Waals surface area contributed by atoms with Gasteiger partial charge in [0, 0.05) is 37.8 Å². The van der Waals surface area contributed by atoms with Gasteiger partial charge in [0.25, 0.3) is 0 Å². The van der Waals surface area contributed by atoms with Crippen LogP contribution < -0.4 is 11.1 Å². The molecule has 0 bridgehead atoms. The first kappa shape index (κ1) is 17.7. The fourth-order valence-electron chi connectivity index (χ4n) is 3.25. The molecule has 8 nitrogen and oxygen atoms in total. The van der Waals surface area contributed by atoms with Gasteiger partial charge in [-0.2, -0.15) is 15.0 Å². The summed E-state index contributed by atoms with van der Waals surface area (Å²) in [4.78, 5) is 29.3. The lowest BCUT2D eigenvalue weighted by molar-refractivity contribution is -0.134. The summed E-state index contributed by atoms with van der Waals surface area (Å²) in [6.45, 7) is 5.83.